The minimum atomic E-state index is -0.490. The number of rotatable bonds is 9. The molecular formula is C32H30N4O3S. The van der Waals surface area contributed by atoms with E-state index in [0.29, 0.717) is 16.8 Å². The van der Waals surface area contributed by atoms with Crippen LogP contribution in [0.4, 0.5) is 11.4 Å². The number of pyridine rings is 1. The van der Waals surface area contributed by atoms with Crippen molar-refractivity contribution in [2.75, 3.05) is 10.6 Å². The van der Waals surface area contributed by atoms with Gasteiger partial charge in [0.2, 0.25) is 5.91 Å². The molecular weight excluding hydrogens is 520 g/mol. The van der Waals surface area contributed by atoms with Crippen LogP contribution in [0, 0.1) is 13.8 Å². The highest BCUT2D eigenvalue weighted by Gasteiger charge is 2.18. The van der Waals surface area contributed by atoms with E-state index in [1.807, 2.05) is 51.1 Å². The second kappa shape index (κ2) is 13.4. The molecule has 202 valence electrons. The molecule has 40 heavy (non-hydrogen) atoms. The van der Waals surface area contributed by atoms with Crippen LogP contribution < -0.4 is 16.0 Å². The molecule has 0 aliphatic carbocycles. The fourth-order valence-corrected chi connectivity index (χ4v) is 4.79. The molecule has 0 aliphatic rings. The number of carbonyl (C=O) groups is 3. The topological polar surface area (TPSA) is 100 Å². The Labute approximate surface area is 238 Å². The molecule has 1 aromatic heterocycles. The minimum absolute atomic E-state index is 0.0705. The lowest BCUT2D eigenvalue weighted by molar-refractivity contribution is -0.115. The van der Waals surface area contributed by atoms with Crippen LogP contribution in [-0.2, 0) is 9.59 Å². The maximum absolute atomic E-state index is 13.3. The normalized spacial score (nSPS) is 11.8. The first kappa shape index (κ1) is 28.3. The van der Waals surface area contributed by atoms with Crippen LogP contribution in [0.25, 0.3) is 6.08 Å². The number of hydrogen-bond acceptors (Lipinski definition) is 5. The third kappa shape index (κ3) is 7.91. The number of amides is 3. The highest BCUT2D eigenvalue weighted by Crippen LogP contribution is 2.27. The summed E-state index contributed by atoms with van der Waals surface area (Å²) in [5, 5.41) is 8.19. The summed E-state index contributed by atoms with van der Waals surface area (Å²) >= 11 is 1.38. The second-order valence-corrected chi connectivity index (χ2v) is 10.6. The number of anilines is 2. The highest BCUT2D eigenvalue weighted by atomic mass is 32.2. The third-order valence-electron chi connectivity index (χ3n) is 5.94. The maximum Gasteiger partial charge on any atom is 0.272 e. The van der Waals surface area contributed by atoms with E-state index in [2.05, 4.69) is 20.9 Å². The van der Waals surface area contributed by atoms with Crippen molar-refractivity contribution in [3.8, 4) is 0 Å². The van der Waals surface area contributed by atoms with Gasteiger partial charge in [-0.2, -0.15) is 0 Å². The van der Waals surface area contributed by atoms with Crippen molar-refractivity contribution >= 4 is 46.9 Å². The summed E-state index contributed by atoms with van der Waals surface area (Å²) < 4.78 is 0. The molecule has 1 heterocycles. The van der Waals surface area contributed by atoms with Gasteiger partial charge in [-0.25, -0.2) is 0 Å². The number of aromatic nitrogens is 1. The Balaban J connectivity index is 1.46. The number of carbonyl (C=O) groups excluding carboxylic acids is 3. The van der Waals surface area contributed by atoms with Crippen molar-refractivity contribution in [1.29, 1.82) is 0 Å². The molecule has 1 atom stereocenters. The zero-order chi connectivity index (χ0) is 28.5. The molecule has 0 aliphatic heterocycles. The minimum Gasteiger partial charge on any atom is -0.325 e. The molecule has 4 rings (SSSR count). The van der Waals surface area contributed by atoms with Gasteiger partial charge in [-0.05, 0) is 80.4 Å². The van der Waals surface area contributed by atoms with Gasteiger partial charge >= 0.3 is 0 Å². The van der Waals surface area contributed by atoms with Gasteiger partial charge in [0.1, 0.15) is 5.70 Å². The maximum atomic E-state index is 13.3. The van der Waals surface area contributed by atoms with E-state index in [9.17, 15) is 14.4 Å². The Morgan fingerprint density at radius 3 is 2.40 bits per heavy atom. The number of thioether (sulfide) groups is 1. The first-order valence-corrected chi connectivity index (χ1v) is 13.6. The Hall–Kier alpha value is -4.69. The van der Waals surface area contributed by atoms with Gasteiger partial charge in [-0.15, -0.1) is 11.8 Å². The van der Waals surface area contributed by atoms with Crippen LogP contribution in [0.2, 0.25) is 0 Å². The van der Waals surface area contributed by atoms with Crippen molar-refractivity contribution < 1.29 is 14.4 Å². The SMILES string of the molecule is Cc1ccc(NC(=O)C(C)Sc2cccc(NC(=O)/C(=C/c3cccnc3)NC(=O)c3ccccc3)c2)c(C)c1. The Kier molecular flexibility index (Phi) is 9.48. The zero-order valence-corrected chi connectivity index (χ0v) is 23.3. The second-order valence-electron chi connectivity index (χ2n) is 9.21. The Bertz CT molecular complexity index is 1540. The van der Waals surface area contributed by atoms with E-state index in [1.54, 1.807) is 73.1 Å². The average molecular weight is 551 g/mol. The first-order valence-electron chi connectivity index (χ1n) is 12.7. The molecule has 0 spiro atoms. The molecule has 4 aromatic rings. The molecule has 3 N–H and O–H groups in total. The molecule has 7 nitrogen and oxygen atoms in total. The molecule has 8 heteroatoms. The van der Waals surface area contributed by atoms with Gasteiger partial charge in [-0.3, -0.25) is 19.4 Å². The van der Waals surface area contributed by atoms with Crippen LogP contribution in [0.3, 0.4) is 0 Å². The van der Waals surface area contributed by atoms with Crippen molar-refractivity contribution in [3.05, 3.63) is 125 Å². The van der Waals surface area contributed by atoms with Gasteiger partial charge in [0.15, 0.2) is 0 Å². The molecule has 3 aromatic carbocycles. The smallest absolute Gasteiger partial charge is 0.272 e. The lowest BCUT2D eigenvalue weighted by atomic mass is 10.1. The van der Waals surface area contributed by atoms with E-state index in [1.165, 1.54) is 11.8 Å². The van der Waals surface area contributed by atoms with Crippen molar-refractivity contribution in [2.45, 2.75) is 30.9 Å². The van der Waals surface area contributed by atoms with Crippen molar-refractivity contribution in [3.63, 3.8) is 0 Å². The summed E-state index contributed by atoms with van der Waals surface area (Å²) in [6.07, 6.45) is 4.80. The van der Waals surface area contributed by atoms with Crippen LogP contribution in [0.5, 0.6) is 0 Å². The van der Waals surface area contributed by atoms with E-state index in [4.69, 9.17) is 0 Å². The zero-order valence-electron chi connectivity index (χ0n) is 22.5. The predicted molar refractivity (Wildman–Crippen MR) is 161 cm³/mol. The molecule has 3 amide bonds. The molecule has 0 saturated heterocycles. The largest absolute Gasteiger partial charge is 0.325 e. The monoisotopic (exact) mass is 550 g/mol. The van der Waals surface area contributed by atoms with E-state index in [0.717, 1.165) is 21.7 Å². The molecule has 0 saturated carbocycles. The standard InChI is InChI=1S/C32H30N4O3S/c1-21-14-15-28(22(2)17-21)35-30(37)23(3)40-27-13-7-12-26(19-27)34-32(39)29(18-24-9-8-16-33-20-24)36-31(38)25-10-5-4-6-11-25/h4-20,23H,1-3H3,(H,34,39)(H,35,37)(H,36,38)/b29-18-. The number of benzene rings is 3. The van der Waals surface area contributed by atoms with Gasteiger partial charge < -0.3 is 16.0 Å². The summed E-state index contributed by atoms with van der Waals surface area (Å²) in [4.78, 5) is 43.9. The summed E-state index contributed by atoms with van der Waals surface area (Å²) in [5.74, 6) is -1.01. The molecule has 1 unspecified atom stereocenters. The Morgan fingerprint density at radius 1 is 0.875 bits per heavy atom. The molecule has 0 radical (unpaired) electrons. The fourth-order valence-electron chi connectivity index (χ4n) is 3.86. The van der Waals surface area contributed by atoms with E-state index < -0.39 is 11.8 Å². The summed E-state index contributed by atoms with van der Waals surface area (Å²) in [7, 11) is 0. The van der Waals surface area contributed by atoms with Gasteiger partial charge in [0, 0.05) is 34.2 Å². The summed E-state index contributed by atoms with van der Waals surface area (Å²) in [6, 6.07) is 25.3. The van der Waals surface area contributed by atoms with Crippen LogP contribution in [-0.4, -0.2) is 28.0 Å². The van der Waals surface area contributed by atoms with E-state index >= 15 is 0 Å². The number of nitrogens with one attached hydrogen (secondary N) is 3. The Morgan fingerprint density at radius 2 is 1.68 bits per heavy atom. The lowest BCUT2D eigenvalue weighted by Crippen LogP contribution is -2.30. The first-order chi connectivity index (χ1) is 19.3. The highest BCUT2D eigenvalue weighted by molar-refractivity contribution is 8.00. The van der Waals surface area contributed by atoms with Crippen molar-refractivity contribution in [2.24, 2.45) is 0 Å². The van der Waals surface area contributed by atoms with E-state index in [-0.39, 0.29) is 16.9 Å². The van der Waals surface area contributed by atoms with Crippen molar-refractivity contribution in [1.82, 2.24) is 10.3 Å². The summed E-state index contributed by atoms with van der Waals surface area (Å²) in [5.41, 5.74) is 4.62. The summed E-state index contributed by atoms with van der Waals surface area (Å²) in [6.45, 7) is 5.81. The van der Waals surface area contributed by atoms with Gasteiger partial charge in [0.05, 0.1) is 5.25 Å². The fraction of sp³-hybridized carbons (Fsp3) is 0.125. The number of hydrogen-bond donors (Lipinski definition) is 3. The van der Waals surface area contributed by atoms with Crippen LogP contribution in [0.1, 0.15) is 34.0 Å². The number of nitrogens with zero attached hydrogens (tertiary/aromatic N) is 1. The van der Waals surface area contributed by atoms with Crippen LogP contribution in [0.15, 0.2) is 108 Å². The van der Waals surface area contributed by atoms with Gasteiger partial charge in [-0.1, -0.05) is 48.0 Å². The van der Waals surface area contributed by atoms with Gasteiger partial charge in [0.25, 0.3) is 11.8 Å². The quantitative estimate of drug-likeness (QED) is 0.170. The lowest BCUT2D eigenvalue weighted by Gasteiger charge is -2.15. The molecule has 0 bridgehead atoms. The molecule has 0 fully saturated rings. The number of aryl methyl sites for hydroxylation is 2. The van der Waals surface area contributed by atoms with Crippen LogP contribution >= 0.6 is 11.8 Å². The predicted octanol–water partition coefficient (Wildman–Crippen LogP) is 6.23. The third-order valence-corrected chi connectivity index (χ3v) is 7.03. The average Bonchev–Trinajstić information content (AvgIpc) is 2.95.